The molecule has 0 bridgehead atoms. The molecular formula is C10H18N2OS. The summed E-state index contributed by atoms with van der Waals surface area (Å²) in [6.45, 7) is 0.819. The van der Waals surface area contributed by atoms with Crippen LogP contribution < -0.4 is 10.6 Å². The average Bonchev–Trinajstić information content (AvgIpc) is 2.23. The third-order valence-electron chi connectivity index (χ3n) is 2.90. The minimum Gasteiger partial charge on any atom is -0.355 e. The zero-order valence-electron chi connectivity index (χ0n) is 8.42. The van der Waals surface area contributed by atoms with Crippen LogP contribution in [-0.2, 0) is 4.79 Å². The molecule has 0 aromatic carbocycles. The van der Waals surface area contributed by atoms with Gasteiger partial charge in [0.1, 0.15) is 0 Å². The zero-order valence-corrected chi connectivity index (χ0v) is 9.24. The summed E-state index contributed by atoms with van der Waals surface area (Å²) in [5.74, 6) is 2.77. The summed E-state index contributed by atoms with van der Waals surface area (Å²) in [6.07, 6.45) is 4.34. The van der Waals surface area contributed by atoms with E-state index < -0.39 is 0 Å². The molecule has 0 radical (unpaired) electrons. The van der Waals surface area contributed by atoms with E-state index in [0.29, 0.717) is 18.5 Å². The van der Waals surface area contributed by atoms with E-state index in [9.17, 15) is 4.79 Å². The molecule has 0 aromatic heterocycles. The molecule has 2 fully saturated rings. The first-order valence-corrected chi connectivity index (χ1v) is 6.60. The minimum absolute atomic E-state index is 0.209. The fraction of sp³-hybridized carbons (Fsp3) is 0.900. The maximum atomic E-state index is 11.0. The molecule has 0 aliphatic carbocycles. The number of hydrogen-bond donors (Lipinski definition) is 2. The zero-order chi connectivity index (χ0) is 9.80. The lowest BCUT2D eigenvalue weighted by molar-refractivity contribution is -0.122. The predicted molar refractivity (Wildman–Crippen MR) is 59.5 cm³/mol. The van der Waals surface area contributed by atoms with Crippen molar-refractivity contribution in [2.75, 3.05) is 18.1 Å². The first-order chi connectivity index (χ1) is 6.84. The van der Waals surface area contributed by atoms with E-state index in [0.717, 1.165) is 13.0 Å². The highest BCUT2D eigenvalue weighted by Gasteiger charge is 2.21. The molecule has 2 N–H and O–H groups in total. The van der Waals surface area contributed by atoms with Gasteiger partial charge in [-0.3, -0.25) is 4.79 Å². The Labute approximate surface area is 89.4 Å². The van der Waals surface area contributed by atoms with E-state index in [-0.39, 0.29) is 5.91 Å². The summed E-state index contributed by atoms with van der Waals surface area (Å²) in [6, 6.07) is 1.19. The lowest BCUT2D eigenvalue weighted by atomic mass is 10.0. The number of amides is 1. The van der Waals surface area contributed by atoms with E-state index >= 15 is 0 Å². The predicted octanol–water partition coefficient (Wildman–Crippen LogP) is 0.750. The van der Waals surface area contributed by atoms with Crippen LogP contribution in [-0.4, -0.2) is 36.0 Å². The highest BCUT2D eigenvalue weighted by Crippen LogP contribution is 2.18. The van der Waals surface area contributed by atoms with Crippen LogP contribution in [0.5, 0.6) is 0 Å². The van der Waals surface area contributed by atoms with Crippen LogP contribution >= 0.6 is 11.8 Å². The van der Waals surface area contributed by atoms with Crippen molar-refractivity contribution in [3.63, 3.8) is 0 Å². The second-order valence-electron chi connectivity index (χ2n) is 4.12. The summed E-state index contributed by atoms with van der Waals surface area (Å²) in [7, 11) is 0. The van der Waals surface area contributed by atoms with Gasteiger partial charge in [-0.15, -0.1) is 0 Å². The summed E-state index contributed by atoms with van der Waals surface area (Å²) < 4.78 is 0. The first-order valence-electron chi connectivity index (χ1n) is 5.45. The smallest absolute Gasteiger partial charge is 0.220 e. The topological polar surface area (TPSA) is 41.1 Å². The van der Waals surface area contributed by atoms with Crippen LogP contribution in [0.25, 0.3) is 0 Å². The van der Waals surface area contributed by atoms with Crippen molar-refractivity contribution >= 4 is 17.7 Å². The fourth-order valence-corrected chi connectivity index (χ4v) is 3.17. The Balaban J connectivity index is 1.71. The first kappa shape index (κ1) is 10.3. The monoisotopic (exact) mass is 214 g/mol. The Kier molecular flexibility index (Phi) is 3.70. The van der Waals surface area contributed by atoms with Crippen LogP contribution in [0.2, 0.25) is 0 Å². The molecule has 0 aromatic rings. The van der Waals surface area contributed by atoms with Crippen LogP contribution in [0.4, 0.5) is 0 Å². The number of rotatable bonds is 2. The maximum Gasteiger partial charge on any atom is 0.220 e. The van der Waals surface area contributed by atoms with Gasteiger partial charge in [0.25, 0.3) is 0 Å². The summed E-state index contributed by atoms with van der Waals surface area (Å²) in [5, 5.41) is 6.56. The van der Waals surface area contributed by atoms with E-state index in [1.165, 1.54) is 24.3 Å². The summed E-state index contributed by atoms with van der Waals surface area (Å²) in [5.41, 5.74) is 0. The Bertz CT molecular complexity index is 194. The molecule has 80 valence electrons. The molecular weight excluding hydrogens is 196 g/mol. The molecule has 2 unspecified atom stereocenters. The van der Waals surface area contributed by atoms with Crippen molar-refractivity contribution in [1.29, 1.82) is 0 Å². The molecule has 3 nitrogen and oxygen atoms in total. The van der Waals surface area contributed by atoms with Gasteiger partial charge in [-0.2, -0.15) is 11.8 Å². The molecule has 1 amide bonds. The second kappa shape index (κ2) is 5.03. The third kappa shape index (κ3) is 2.89. The molecule has 2 aliphatic rings. The number of carbonyl (C=O) groups excluding carboxylic acids is 1. The number of hydrogen-bond acceptors (Lipinski definition) is 3. The average molecular weight is 214 g/mol. The van der Waals surface area contributed by atoms with Crippen molar-refractivity contribution in [1.82, 2.24) is 10.6 Å². The van der Waals surface area contributed by atoms with Crippen molar-refractivity contribution in [2.45, 2.75) is 37.8 Å². The van der Waals surface area contributed by atoms with Gasteiger partial charge in [-0.25, -0.2) is 0 Å². The SMILES string of the molecule is O=C1CCC(NC2CCCSC2)CN1. The van der Waals surface area contributed by atoms with Gasteiger partial charge in [0.15, 0.2) is 0 Å². The van der Waals surface area contributed by atoms with Crippen molar-refractivity contribution in [3.05, 3.63) is 0 Å². The normalized spacial score (nSPS) is 33.9. The van der Waals surface area contributed by atoms with Crippen LogP contribution in [0.15, 0.2) is 0 Å². The van der Waals surface area contributed by atoms with Gasteiger partial charge < -0.3 is 10.6 Å². The molecule has 4 heteroatoms. The number of thioether (sulfide) groups is 1. The summed E-state index contributed by atoms with van der Waals surface area (Å²) in [4.78, 5) is 11.0. The van der Waals surface area contributed by atoms with E-state index in [1.807, 2.05) is 11.8 Å². The van der Waals surface area contributed by atoms with Gasteiger partial charge in [0, 0.05) is 30.8 Å². The molecule has 14 heavy (non-hydrogen) atoms. The van der Waals surface area contributed by atoms with Gasteiger partial charge >= 0.3 is 0 Å². The van der Waals surface area contributed by atoms with Crippen LogP contribution in [0, 0.1) is 0 Å². The van der Waals surface area contributed by atoms with Crippen LogP contribution in [0.1, 0.15) is 25.7 Å². The van der Waals surface area contributed by atoms with Gasteiger partial charge in [-0.1, -0.05) is 0 Å². The maximum absolute atomic E-state index is 11.0. The third-order valence-corrected chi connectivity index (χ3v) is 4.11. The largest absolute Gasteiger partial charge is 0.355 e. The summed E-state index contributed by atoms with van der Waals surface area (Å²) >= 11 is 2.04. The molecule has 0 spiro atoms. The van der Waals surface area contributed by atoms with Crippen molar-refractivity contribution in [3.8, 4) is 0 Å². The Hall–Kier alpha value is -0.220. The Morgan fingerprint density at radius 2 is 2.29 bits per heavy atom. The molecule has 2 aliphatic heterocycles. The highest BCUT2D eigenvalue weighted by molar-refractivity contribution is 7.99. The molecule has 0 saturated carbocycles. The lowest BCUT2D eigenvalue weighted by Crippen LogP contribution is -2.50. The fourth-order valence-electron chi connectivity index (χ4n) is 2.08. The standard InChI is InChI=1S/C10H18N2OS/c13-10-4-3-8(6-11-10)12-9-2-1-5-14-7-9/h8-9,12H,1-7H2,(H,11,13). The second-order valence-corrected chi connectivity index (χ2v) is 5.27. The molecule has 2 atom stereocenters. The number of nitrogens with one attached hydrogen (secondary N) is 2. The van der Waals surface area contributed by atoms with Gasteiger partial charge in [0.2, 0.25) is 5.91 Å². The molecule has 2 saturated heterocycles. The van der Waals surface area contributed by atoms with Gasteiger partial charge in [0.05, 0.1) is 0 Å². The molecule has 2 rings (SSSR count). The van der Waals surface area contributed by atoms with Gasteiger partial charge in [-0.05, 0) is 25.0 Å². The highest BCUT2D eigenvalue weighted by atomic mass is 32.2. The van der Waals surface area contributed by atoms with E-state index in [4.69, 9.17) is 0 Å². The Morgan fingerprint density at radius 1 is 1.36 bits per heavy atom. The van der Waals surface area contributed by atoms with Crippen LogP contribution in [0.3, 0.4) is 0 Å². The van der Waals surface area contributed by atoms with E-state index in [1.54, 1.807) is 0 Å². The van der Waals surface area contributed by atoms with Crippen molar-refractivity contribution in [2.24, 2.45) is 0 Å². The number of carbonyl (C=O) groups is 1. The number of piperidine rings is 1. The quantitative estimate of drug-likeness (QED) is 0.713. The Morgan fingerprint density at radius 3 is 2.93 bits per heavy atom. The lowest BCUT2D eigenvalue weighted by Gasteiger charge is -2.30. The van der Waals surface area contributed by atoms with Crippen molar-refractivity contribution < 1.29 is 4.79 Å². The minimum atomic E-state index is 0.209. The van der Waals surface area contributed by atoms with E-state index in [2.05, 4.69) is 10.6 Å². The molecule has 2 heterocycles.